The first-order valence-corrected chi connectivity index (χ1v) is 5.57. The van der Waals surface area contributed by atoms with Gasteiger partial charge < -0.3 is 5.32 Å². The molecule has 0 unspecified atom stereocenters. The molecule has 1 N–H and O–H groups in total. The van der Waals surface area contributed by atoms with E-state index in [0.29, 0.717) is 6.04 Å². The van der Waals surface area contributed by atoms with Crippen LogP contribution in [0.5, 0.6) is 0 Å². The third-order valence-electron chi connectivity index (χ3n) is 2.30. The lowest BCUT2D eigenvalue weighted by atomic mass is 10.2. The Hall–Kier alpha value is -0.240. The van der Waals surface area contributed by atoms with Crippen molar-refractivity contribution in [1.29, 1.82) is 0 Å². The molecule has 0 heterocycles. The Morgan fingerprint density at radius 3 is 2.36 bits per heavy atom. The molecule has 0 saturated carbocycles. The molecule has 0 radical (unpaired) electrons. The van der Waals surface area contributed by atoms with Gasteiger partial charge in [-0.1, -0.05) is 36.2 Å². The number of rotatable bonds is 4. The monoisotopic (exact) mass is 231 g/mol. The first-order chi connectivity index (χ1) is 6.65. The molecule has 0 aliphatic rings. The Bertz CT molecular complexity index is 279. The second kappa shape index (κ2) is 5.59. The van der Waals surface area contributed by atoms with E-state index in [1.54, 1.807) is 0 Å². The van der Waals surface area contributed by atoms with Crippen molar-refractivity contribution in [2.24, 2.45) is 0 Å². The fourth-order valence-electron chi connectivity index (χ4n) is 1.12. The van der Waals surface area contributed by atoms with Crippen molar-refractivity contribution in [1.82, 2.24) is 5.32 Å². The second-order valence-corrected chi connectivity index (χ2v) is 4.20. The van der Waals surface area contributed by atoms with Crippen LogP contribution < -0.4 is 5.32 Å². The summed E-state index contributed by atoms with van der Waals surface area (Å²) in [5, 5.41) is 4.82. The standard InChI is InChI=1S/C11H15Cl2N/c1-3-8(2)14-7-9-10(12)5-4-6-11(9)13/h4-6,8,14H,3,7H2,1-2H3/t8-/m0/s1. The minimum absolute atomic E-state index is 0.488. The molecule has 0 aliphatic heterocycles. The Labute approximate surface area is 95.4 Å². The third-order valence-corrected chi connectivity index (χ3v) is 3.01. The molecule has 0 fully saturated rings. The fourth-order valence-corrected chi connectivity index (χ4v) is 1.65. The van der Waals surface area contributed by atoms with Gasteiger partial charge in [0.05, 0.1) is 0 Å². The van der Waals surface area contributed by atoms with Crippen molar-refractivity contribution in [3.8, 4) is 0 Å². The summed E-state index contributed by atoms with van der Waals surface area (Å²) in [7, 11) is 0. The SMILES string of the molecule is CC[C@H](C)NCc1c(Cl)cccc1Cl. The van der Waals surface area contributed by atoms with E-state index in [1.807, 2.05) is 18.2 Å². The summed E-state index contributed by atoms with van der Waals surface area (Å²) in [6.45, 7) is 5.02. The van der Waals surface area contributed by atoms with Gasteiger partial charge in [-0.05, 0) is 25.5 Å². The van der Waals surface area contributed by atoms with E-state index in [-0.39, 0.29) is 0 Å². The molecule has 1 aromatic carbocycles. The van der Waals surface area contributed by atoms with Gasteiger partial charge in [0.25, 0.3) is 0 Å². The Balaban J connectivity index is 2.66. The van der Waals surface area contributed by atoms with E-state index in [4.69, 9.17) is 23.2 Å². The highest BCUT2D eigenvalue weighted by Gasteiger charge is 2.05. The van der Waals surface area contributed by atoms with Crippen molar-refractivity contribution in [2.45, 2.75) is 32.9 Å². The minimum atomic E-state index is 0.488. The minimum Gasteiger partial charge on any atom is -0.310 e. The lowest BCUT2D eigenvalue weighted by molar-refractivity contribution is 0.534. The molecule has 3 heteroatoms. The molecule has 14 heavy (non-hydrogen) atoms. The highest BCUT2D eigenvalue weighted by atomic mass is 35.5. The topological polar surface area (TPSA) is 12.0 Å². The largest absolute Gasteiger partial charge is 0.310 e. The first-order valence-electron chi connectivity index (χ1n) is 4.81. The summed E-state index contributed by atoms with van der Waals surface area (Å²) in [4.78, 5) is 0. The lowest BCUT2D eigenvalue weighted by Gasteiger charge is -2.13. The number of halogens is 2. The van der Waals surface area contributed by atoms with Crippen molar-refractivity contribution in [3.63, 3.8) is 0 Å². The fraction of sp³-hybridized carbons (Fsp3) is 0.455. The van der Waals surface area contributed by atoms with Crippen molar-refractivity contribution < 1.29 is 0 Å². The van der Waals surface area contributed by atoms with Gasteiger partial charge in [-0.25, -0.2) is 0 Å². The van der Waals surface area contributed by atoms with Crippen molar-refractivity contribution >= 4 is 23.2 Å². The lowest BCUT2D eigenvalue weighted by Crippen LogP contribution is -2.24. The van der Waals surface area contributed by atoms with Gasteiger partial charge in [-0.2, -0.15) is 0 Å². The number of nitrogens with one attached hydrogen (secondary N) is 1. The van der Waals surface area contributed by atoms with Gasteiger partial charge in [0.1, 0.15) is 0 Å². The molecule has 1 rings (SSSR count). The van der Waals surface area contributed by atoms with Crippen LogP contribution in [0.4, 0.5) is 0 Å². The van der Waals surface area contributed by atoms with Gasteiger partial charge >= 0.3 is 0 Å². The van der Waals surface area contributed by atoms with Crippen LogP contribution in [0.15, 0.2) is 18.2 Å². The predicted octanol–water partition coefficient (Wildman–Crippen LogP) is 3.88. The van der Waals surface area contributed by atoms with Crippen molar-refractivity contribution in [2.75, 3.05) is 0 Å². The van der Waals surface area contributed by atoms with Crippen LogP contribution in [0.3, 0.4) is 0 Å². The number of hydrogen-bond donors (Lipinski definition) is 1. The van der Waals surface area contributed by atoms with Gasteiger partial charge in [0.2, 0.25) is 0 Å². The maximum atomic E-state index is 6.03. The molecule has 1 nitrogen and oxygen atoms in total. The zero-order valence-electron chi connectivity index (χ0n) is 8.48. The van der Waals surface area contributed by atoms with E-state index >= 15 is 0 Å². The maximum Gasteiger partial charge on any atom is 0.0465 e. The third kappa shape index (κ3) is 3.16. The normalized spacial score (nSPS) is 12.9. The van der Waals surface area contributed by atoms with E-state index in [0.717, 1.165) is 28.6 Å². The molecule has 1 atom stereocenters. The van der Waals surface area contributed by atoms with Crippen LogP contribution in [0.1, 0.15) is 25.8 Å². The Morgan fingerprint density at radius 1 is 1.29 bits per heavy atom. The van der Waals surface area contributed by atoms with Crippen LogP contribution in [0.25, 0.3) is 0 Å². The van der Waals surface area contributed by atoms with Gasteiger partial charge in [0, 0.05) is 28.2 Å². The molecule has 1 aromatic rings. The summed E-state index contributed by atoms with van der Waals surface area (Å²) in [5.41, 5.74) is 0.983. The molecule has 78 valence electrons. The van der Waals surface area contributed by atoms with Crippen LogP contribution >= 0.6 is 23.2 Å². The van der Waals surface area contributed by atoms with Crippen LogP contribution in [0, 0.1) is 0 Å². The highest BCUT2D eigenvalue weighted by molar-refractivity contribution is 6.35. The summed E-state index contributed by atoms with van der Waals surface area (Å²) < 4.78 is 0. The maximum absolute atomic E-state index is 6.03. The van der Waals surface area contributed by atoms with E-state index in [9.17, 15) is 0 Å². The molecule has 0 aliphatic carbocycles. The summed E-state index contributed by atoms with van der Waals surface area (Å²) in [6, 6.07) is 6.07. The van der Waals surface area contributed by atoms with Gasteiger partial charge in [0.15, 0.2) is 0 Å². The van der Waals surface area contributed by atoms with E-state index < -0.39 is 0 Å². The zero-order valence-corrected chi connectivity index (χ0v) is 9.99. The average Bonchev–Trinajstić information content (AvgIpc) is 2.16. The van der Waals surface area contributed by atoms with Crippen LogP contribution in [0.2, 0.25) is 10.0 Å². The Kier molecular flexibility index (Phi) is 4.73. The highest BCUT2D eigenvalue weighted by Crippen LogP contribution is 2.23. The van der Waals surface area contributed by atoms with Crippen molar-refractivity contribution in [3.05, 3.63) is 33.8 Å². The quantitative estimate of drug-likeness (QED) is 0.830. The van der Waals surface area contributed by atoms with Gasteiger partial charge in [-0.3, -0.25) is 0 Å². The van der Waals surface area contributed by atoms with Crippen LogP contribution in [-0.4, -0.2) is 6.04 Å². The average molecular weight is 232 g/mol. The molecule has 0 spiro atoms. The van der Waals surface area contributed by atoms with E-state index in [1.165, 1.54) is 0 Å². The molecular formula is C11H15Cl2N. The summed E-state index contributed by atoms with van der Waals surface area (Å²) >= 11 is 12.1. The summed E-state index contributed by atoms with van der Waals surface area (Å²) in [5.74, 6) is 0. The smallest absolute Gasteiger partial charge is 0.0465 e. The second-order valence-electron chi connectivity index (χ2n) is 3.39. The van der Waals surface area contributed by atoms with Crippen LogP contribution in [-0.2, 0) is 6.54 Å². The molecule has 0 saturated heterocycles. The Morgan fingerprint density at radius 2 is 1.86 bits per heavy atom. The molecule has 0 bridgehead atoms. The molecular weight excluding hydrogens is 217 g/mol. The van der Waals surface area contributed by atoms with Gasteiger partial charge in [-0.15, -0.1) is 0 Å². The first kappa shape index (κ1) is 11.8. The number of hydrogen-bond acceptors (Lipinski definition) is 1. The zero-order chi connectivity index (χ0) is 10.6. The number of benzene rings is 1. The molecule has 0 aromatic heterocycles. The van der Waals surface area contributed by atoms with E-state index in [2.05, 4.69) is 19.2 Å². The predicted molar refractivity (Wildman–Crippen MR) is 63.1 cm³/mol. The summed E-state index contributed by atoms with van der Waals surface area (Å²) in [6.07, 6.45) is 1.10. The molecule has 0 amide bonds.